The standard InChI is InChI=1S/C28H35F3N8O/c29-28(30,31)10-7-25(40)38-15-8-22(9-16-38)24-2-1-14-39-26(24)35-27(36-39)34-23-5-3-21(4-6-23)20-33-13-19-37-17-11-32-12-18-37/h1-6,8,14,32-33H,7,9-13,15-20H2,(H,34,36). The van der Waals surface area contributed by atoms with Gasteiger partial charge < -0.3 is 20.9 Å². The number of hydrogen-bond donors (Lipinski definition) is 3. The van der Waals surface area contributed by atoms with Crippen LogP contribution in [0.25, 0.3) is 11.2 Å². The average Bonchev–Trinajstić information content (AvgIpc) is 3.38. The van der Waals surface area contributed by atoms with Crippen molar-refractivity contribution in [2.24, 2.45) is 0 Å². The van der Waals surface area contributed by atoms with Gasteiger partial charge in [0.25, 0.3) is 0 Å². The van der Waals surface area contributed by atoms with Gasteiger partial charge in [-0.05, 0) is 41.8 Å². The zero-order chi connectivity index (χ0) is 28.0. The molecule has 2 aliphatic heterocycles. The van der Waals surface area contributed by atoms with Gasteiger partial charge in [0.05, 0.1) is 6.42 Å². The number of nitrogens with zero attached hydrogens (tertiary/aromatic N) is 5. The third-order valence-corrected chi connectivity index (χ3v) is 7.25. The van der Waals surface area contributed by atoms with Gasteiger partial charge in [-0.2, -0.15) is 18.2 Å². The number of benzene rings is 1. The number of piperazine rings is 1. The maximum absolute atomic E-state index is 12.5. The van der Waals surface area contributed by atoms with Crippen LogP contribution in [-0.4, -0.2) is 88.8 Å². The summed E-state index contributed by atoms with van der Waals surface area (Å²) in [4.78, 5) is 20.8. The summed E-state index contributed by atoms with van der Waals surface area (Å²) in [6.45, 7) is 7.80. The molecule has 9 nitrogen and oxygen atoms in total. The Morgan fingerprint density at radius 2 is 1.88 bits per heavy atom. The van der Waals surface area contributed by atoms with Crippen molar-refractivity contribution in [3.8, 4) is 0 Å². The summed E-state index contributed by atoms with van der Waals surface area (Å²) in [6.07, 6.45) is -1.69. The van der Waals surface area contributed by atoms with Gasteiger partial charge in [0.2, 0.25) is 11.9 Å². The molecule has 0 saturated carbocycles. The lowest BCUT2D eigenvalue weighted by molar-refractivity contribution is -0.148. The number of carbonyl (C=O) groups is 1. The molecule has 2 aliphatic rings. The van der Waals surface area contributed by atoms with Crippen LogP contribution in [-0.2, 0) is 11.3 Å². The van der Waals surface area contributed by atoms with Crippen molar-refractivity contribution in [3.05, 3.63) is 59.8 Å². The van der Waals surface area contributed by atoms with E-state index in [1.165, 1.54) is 10.5 Å². The molecule has 1 fully saturated rings. The average molecular weight is 557 g/mol. The van der Waals surface area contributed by atoms with Crippen molar-refractivity contribution >= 4 is 28.8 Å². The molecule has 0 spiro atoms. The number of alkyl halides is 3. The molecule has 1 aromatic carbocycles. The number of halogens is 3. The number of hydrogen-bond acceptors (Lipinski definition) is 7. The number of aromatic nitrogens is 3. The highest BCUT2D eigenvalue weighted by molar-refractivity contribution is 5.81. The minimum atomic E-state index is -4.33. The fourth-order valence-electron chi connectivity index (χ4n) is 5.00. The number of nitrogens with one attached hydrogen (secondary N) is 3. The van der Waals surface area contributed by atoms with E-state index in [-0.39, 0.29) is 6.54 Å². The first-order chi connectivity index (χ1) is 19.3. The van der Waals surface area contributed by atoms with E-state index in [0.29, 0.717) is 24.6 Å². The summed E-state index contributed by atoms with van der Waals surface area (Å²) in [5.74, 6) is -0.00784. The molecular formula is C28H35F3N8O. The first kappa shape index (κ1) is 28.1. The van der Waals surface area contributed by atoms with E-state index in [4.69, 9.17) is 4.98 Å². The third-order valence-electron chi connectivity index (χ3n) is 7.25. The van der Waals surface area contributed by atoms with Crippen molar-refractivity contribution in [2.75, 3.05) is 57.7 Å². The number of fused-ring (bicyclic) bond motifs is 1. The molecule has 0 radical (unpaired) electrons. The van der Waals surface area contributed by atoms with Crippen molar-refractivity contribution in [2.45, 2.75) is 32.0 Å². The quantitative estimate of drug-likeness (QED) is 0.330. The largest absolute Gasteiger partial charge is 0.389 e. The molecule has 2 aromatic heterocycles. The predicted octanol–water partition coefficient (Wildman–Crippen LogP) is 3.43. The zero-order valence-corrected chi connectivity index (χ0v) is 22.4. The van der Waals surface area contributed by atoms with Crippen LogP contribution in [0.5, 0.6) is 0 Å². The normalized spacial score (nSPS) is 16.8. The van der Waals surface area contributed by atoms with E-state index in [0.717, 1.165) is 62.6 Å². The van der Waals surface area contributed by atoms with Gasteiger partial charge in [-0.25, -0.2) is 4.52 Å². The summed E-state index contributed by atoms with van der Waals surface area (Å²) in [6, 6.07) is 12.0. The van der Waals surface area contributed by atoms with E-state index in [1.807, 2.05) is 36.5 Å². The fourth-order valence-corrected chi connectivity index (χ4v) is 5.00. The van der Waals surface area contributed by atoms with E-state index in [2.05, 4.69) is 38.1 Å². The van der Waals surface area contributed by atoms with Crippen LogP contribution in [0.4, 0.5) is 24.8 Å². The maximum atomic E-state index is 12.5. The van der Waals surface area contributed by atoms with Crippen molar-refractivity contribution in [3.63, 3.8) is 0 Å². The molecule has 40 heavy (non-hydrogen) atoms. The Morgan fingerprint density at radius 1 is 1.07 bits per heavy atom. The van der Waals surface area contributed by atoms with Crippen LogP contribution in [0.15, 0.2) is 48.7 Å². The molecule has 0 unspecified atom stereocenters. The van der Waals surface area contributed by atoms with Gasteiger partial charge in [0, 0.05) is 82.8 Å². The highest BCUT2D eigenvalue weighted by Gasteiger charge is 2.29. The molecule has 5 rings (SSSR count). The molecule has 0 aliphatic carbocycles. The second-order valence-corrected chi connectivity index (χ2v) is 10.2. The van der Waals surface area contributed by atoms with Crippen molar-refractivity contribution < 1.29 is 18.0 Å². The molecule has 1 saturated heterocycles. The molecule has 0 bridgehead atoms. The molecule has 0 atom stereocenters. The molecular weight excluding hydrogens is 521 g/mol. The molecule has 1 amide bonds. The molecule has 214 valence electrons. The lowest BCUT2D eigenvalue weighted by Gasteiger charge is -2.27. The lowest BCUT2D eigenvalue weighted by Crippen LogP contribution is -2.45. The van der Waals surface area contributed by atoms with E-state index in [9.17, 15) is 18.0 Å². The van der Waals surface area contributed by atoms with Crippen LogP contribution in [0.3, 0.4) is 0 Å². The zero-order valence-electron chi connectivity index (χ0n) is 22.4. The Morgan fingerprint density at radius 3 is 2.60 bits per heavy atom. The maximum Gasteiger partial charge on any atom is 0.389 e. The molecule has 4 heterocycles. The third kappa shape index (κ3) is 7.58. The Labute approximate surface area is 231 Å². The molecule has 3 N–H and O–H groups in total. The molecule has 3 aromatic rings. The van der Waals surface area contributed by atoms with E-state index < -0.39 is 24.9 Å². The minimum Gasteiger partial charge on any atom is -0.339 e. The van der Waals surface area contributed by atoms with Gasteiger partial charge in [-0.15, -0.1) is 5.10 Å². The number of anilines is 2. The van der Waals surface area contributed by atoms with Crippen LogP contribution < -0.4 is 16.0 Å². The smallest absolute Gasteiger partial charge is 0.339 e. The monoisotopic (exact) mass is 556 g/mol. The van der Waals surface area contributed by atoms with Crippen molar-refractivity contribution in [1.29, 1.82) is 0 Å². The van der Waals surface area contributed by atoms with E-state index >= 15 is 0 Å². The van der Waals surface area contributed by atoms with Gasteiger partial charge in [-0.3, -0.25) is 9.69 Å². The first-order valence-corrected chi connectivity index (χ1v) is 13.7. The molecule has 12 heteroatoms. The summed E-state index contributed by atoms with van der Waals surface area (Å²) in [5.41, 5.74) is 4.66. The Kier molecular flexibility index (Phi) is 8.98. The number of amides is 1. The van der Waals surface area contributed by atoms with Gasteiger partial charge in [0.1, 0.15) is 0 Å². The summed E-state index contributed by atoms with van der Waals surface area (Å²) < 4.78 is 39.1. The number of rotatable bonds is 10. The Bertz CT molecular complexity index is 1320. The summed E-state index contributed by atoms with van der Waals surface area (Å²) >= 11 is 0. The second kappa shape index (κ2) is 12.8. The lowest BCUT2D eigenvalue weighted by atomic mass is 10.00. The Balaban J connectivity index is 1.16. The van der Waals surface area contributed by atoms with Crippen LogP contribution in [0.1, 0.15) is 30.4 Å². The summed E-state index contributed by atoms with van der Waals surface area (Å²) in [7, 11) is 0. The first-order valence-electron chi connectivity index (χ1n) is 13.7. The number of carbonyl (C=O) groups excluding carboxylic acids is 1. The van der Waals surface area contributed by atoms with Crippen molar-refractivity contribution in [1.82, 2.24) is 35.0 Å². The highest BCUT2D eigenvalue weighted by atomic mass is 19.4. The topological polar surface area (TPSA) is 89.8 Å². The van der Waals surface area contributed by atoms with Gasteiger partial charge in [-0.1, -0.05) is 18.2 Å². The summed E-state index contributed by atoms with van der Waals surface area (Å²) in [5, 5.41) is 14.7. The Hall–Kier alpha value is -3.48. The van der Waals surface area contributed by atoms with Gasteiger partial charge in [0.15, 0.2) is 5.65 Å². The van der Waals surface area contributed by atoms with E-state index in [1.54, 1.807) is 4.52 Å². The van der Waals surface area contributed by atoms with Crippen LogP contribution in [0, 0.1) is 0 Å². The SMILES string of the molecule is O=C(CCC(F)(F)F)N1CC=C(c2cccn3nc(Nc4ccc(CNCCN5CCNCC5)cc4)nc23)CC1. The van der Waals surface area contributed by atoms with Crippen LogP contribution in [0.2, 0.25) is 0 Å². The number of pyridine rings is 1. The predicted molar refractivity (Wildman–Crippen MR) is 148 cm³/mol. The minimum absolute atomic E-state index is 0.281. The van der Waals surface area contributed by atoms with Gasteiger partial charge >= 0.3 is 6.18 Å². The van der Waals surface area contributed by atoms with Crippen LogP contribution >= 0.6 is 0 Å². The highest BCUT2D eigenvalue weighted by Crippen LogP contribution is 2.28. The fraction of sp³-hybridized carbons (Fsp3) is 0.464. The second-order valence-electron chi connectivity index (χ2n) is 10.2.